The molecular weight excluding hydrogens is 901 g/mol. The second kappa shape index (κ2) is 20.9. The van der Waals surface area contributed by atoms with E-state index in [1.807, 2.05) is 12.4 Å². The van der Waals surface area contributed by atoms with Crippen LogP contribution in [0.4, 0.5) is 0 Å². The minimum absolute atomic E-state index is 0.187. The molecule has 8 rings (SSSR count). The summed E-state index contributed by atoms with van der Waals surface area (Å²) in [7, 11) is 0. The molecule has 0 fully saturated rings. The maximum atomic E-state index is 12.7. The highest BCUT2D eigenvalue weighted by molar-refractivity contribution is 5.96. The van der Waals surface area contributed by atoms with E-state index in [1.54, 1.807) is 0 Å². The van der Waals surface area contributed by atoms with E-state index in [-0.39, 0.29) is 11.5 Å². The Morgan fingerprint density at radius 2 is 0.500 bits per heavy atom. The molecule has 2 unspecified atom stereocenters. The maximum Gasteiger partial charge on any atom is 0.132 e. The van der Waals surface area contributed by atoms with E-state index >= 15 is 0 Å². The summed E-state index contributed by atoms with van der Waals surface area (Å²) in [5.41, 5.74) is 32.1. The largest absolute Gasteiger partial charge is 0.507 e. The van der Waals surface area contributed by atoms with Gasteiger partial charge in [-0.1, -0.05) is 106 Å². The Kier molecular flexibility index (Phi) is 15.0. The molecule has 2 atom stereocenters. The van der Waals surface area contributed by atoms with E-state index in [1.165, 1.54) is 55.6 Å². The number of nitrogens with zero attached hydrogens (tertiary/aromatic N) is 2. The predicted molar refractivity (Wildman–Crippen MR) is 317 cm³/mol. The van der Waals surface area contributed by atoms with Crippen molar-refractivity contribution >= 4 is 12.4 Å². The summed E-state index contributed by atoms with van der Waals surface area (Å²) in [4.78, 5) is 11.4. The van der Waals surface area contributed by atoms with E-state index in [0.29, 0.717) is 11.1 Å². The molecule has 378 valence electrons. The average molecular weight is 977 g/mol. The van der Waals surface area contributed by atoms with Crippen LogP contribution in [0.15, 0.2) is 107 Å². The van der Waals surface area contributed by atoms with Gasteiger partial charge in [0.05, 0.1) is 0 Å². The topological polar surface area (TPSA) is 65.2 Å². The van der Waals surface area contributed by atoms with Crippen molar-refractivity contribution in [2.75, 3.05) is 0 Å². The average Bonchev–Trinajstić information content (AvgIpc) is 3.26. The Morgan fingerprint density at radius 1 is 0.284 bits per heavy atom. The van der Waals surface area contributed by atoms with E-state index in [0.717, 1.165) is 100 Å². The molecule has 0 saturated heterocycles. The monoisotopic (exact) mass is 977 g/mol. The highest BCUT2D eigenvalue weighted by Crippen LogP contribution is 2.46. The Morgan fingerprint density at radius 3 is 0.743 bits per heavy atom. The molecule has 4 heteroatoms. The van der Waals surface area contributed by atoms with Crippen molar-refractivity contribution in [2.24, 2.45) is 9.98 Å². The molecule has 2 N–H and O–H groups in total. The van der Waals surface area contributed by atoms with Gasteiger partial charge in [-0.15, -0.1) is 0 Å². The quantitative estimate of drug-likeness (QED) is 0.127. The van der Waals surface area contributed by atoms with Gasteiger partial charge in [-0.05, 0) is 260 Å². The molecule has 8 aromatic rings. The van der Waals surface area contributed by atoms with E-state index < -0.39 is 12.1 Å². The lowest BCUT2D eigenvalue weighted by Crippen LogP contribution is -2.15. The zero-order valence-corrected chi connectivity index (χ0v) is 47.3. The van der Waals surface area contributed by atoms with Crippen molar-refractivity contribution in [3.63, 3.8) is 0 Å². The van der Waals surface area contributed by atoms with Crippen LogP contribution >= 0.6 is 0 Å². The van der Waals surface area contributed by atoms with Crippen LogP contribution in [0.2, 0.25) is 0 Å². The number of aryl methyl sites for hydroxylation is 18. The fourth-order valence-electron chi connectivity index (χ4n) is 12.9. The van der Waals surface area contributed by atoms with Gasteiger partial charge in [-0.25, -0.2) is 0 Å². The minimum Gasteiger partial charge on any atom is -0.507 e. The lowest BCUT2D eigenvalue weighted by molar-refractivity contribution is 0.475. The first-order valence-corrected chi connectivity index (χ1v) is 26.2. The third-order valence-corrected chi connectivity index (χ3v) is 15.2. The lowest BCUT2D eigenvalue weighted by Gasteiger charge is -2.28. The summed E-state index contributed by atoms with van der Waals surface area (Å²) >= 11 is 0. The number of aromatic hydroxyl groups is 2. The molecule has 0 amide bonds. The molecule has 8 aromatic carbocycles. The van der Waals surface area contributed by atoms with Gasteiger partial charge in [0.15, 0.2) is 0 Å². The zero-order valence-electron chi connectivity index (χ0n) is 47.3. The molecule has 74 heavy (non-hydrogen) atoms. The van der Waals surface area contributed by atoms with E-state index in [9.17, 15) is 10.2 Å². The summed E-state index contributed by atoms with van der Waals surface area (Å²) in [6.45, 7) is 38.8. The third-order valence-electron chi connectivity index (χ3n) is 15.2. The van der Waals surface area contributed by atoms with Crippen LogP contribution in [-0.4, -0.2) is 22.6 Å². The summed E-state index contributed by atoms with van der Waals surface area (Å²) in [5, 5.41) is 25.4. The fourth-order valence-corrected chi connectivity index (χ4v) is 12.9. The Balaban J connectivity index is 1.43. The molecule has 0 radical (unpaired) electrons. The first kappa shape index (κ1) is 53.0. The van der Waals surface area contributed by atoms with Crippen molar-refractivity contribution in [1.82, 2.24) is 0 Å². The highest BCUT2D eigenvalue weighted by Gasteiger charge is 2.30. The number of rotatable bonds is 11. The first-order valence-electron chi connectivity index (χ1n) is 26.2. The Hall–Kier alpha value is -7.30. The summed E-state index contributed by atoms with van der Waals surface area (Å²) < 4.78 is 0. The zero-order chi connectivity index (χ0) is 53.8. The lowest BCUT2D eigenvalue weighted by atomic mass is 9.84. The number of hydrogen-bond donors (Lipinski definition) is 2. The van der Waals surface area contributed by atoms with Crippen LogP contribution in [-0.2, 0) is 0 Å². The van der Waals surface area contributed by atoms with Gasteiger partial charge in [0, 0.05) is 34.7 Å². The van der Waals surface area contributed by atoms with Crippen molar-refractivity contribution in [1.29, 1.82) is 0 Å². The van der Waals surface area contributed by atoms with Crippen molar-refractivity contribution < 1.29 is 10.2 Å². The van der Waals surface area contributed by atoms with Crippen LogP contribution in [0.5, 0.6) is 11.5 Å². The summed E-state index contributed by atoms with van der Waals surface area (Å²) in [6.07, 6.45) is 3.79. The molecule has 0 aliphatic rings. The minimum atomic E-state index is -0.544. The predicted octanol–water partition coefficient (Wildman–Crippen LogP) is 18.3. The van der Waals surface area contributed by atoms with Gasteiger partial charge in [0.1, 0.15) is 23.6 Å². The molecular formula is C70H76N2O2. The van der Waals surface area contributed by atoms with Crippen molar-refractivity contribution in [3.8, 4) is 56.0 Å². The normalized spacial score (nSPS) is 12.6. The van der Waals surface area contributed by atoms with Gasteiger partial charge >= 0.3 is 0 Å². The molecule has 0 heterocycles. The second-order valence-electron chi connectivity index (χ2n) is 22.1. The van der Waals surface area contributed by atoms with Crippen LogP contribution < -0.4 is 0 Å². The fraction of sp³-hybridized carbons (Fsp3) is 0.286. The SMILES string of the molecule is Cc1cc(C)c(-c2cc(C=NC(c3c(C)cc(C)cc3C)C(N=Cc3cc(-c4c(C)cc(C)cc4C)cc(-c4c(C)cc(C)cc4C)c3O)c3c(C)cc(C)cc3C)c(O)c(-c3c(C)cc(C)cc3C)c2)c(C)c1. The van der Waals surface area contributed by atoms with E-state index in [2.05, 4.69) is 222 Å². The number of phenolic OH excluding ortho intramolecular Hbond substituents is 2. The highest BCUT2D eigenvalue weighted by atomic mass is 16.3. The van der Waals surface area contributed by atoms with Crippen molar-refractivity contribution in [3.05, 3.63) is 219 Å². The standard InChI is InChI=1S/C70H76N2O2/c1-37-19-43(7)61(44(8)20-37)55-31-57(69(73)59(33-55)63-47(11)23-39(3)24-48(63)12)35-71-67(65-51(15)27-41(5)28-52(65)16)68(66-53(17)29-42(6)30-54(66)18)72-36-58-32-56(62-45(9)21-38(2)22-46(62)10)34-60(70(58)74)64-49(13)25-40(4)26-50(64)14/h19-36,67-68,73-74H,1-18H3. The number of aliphatic imine (C=N–C) groups is 2. The van der Waals surface area contributed by atoms with Gasteiger partial charge in [-0.3, -0.25) is 9.98 Å². The van der Waals surface area contributed by atoms with Gasteiger partial charge in [-0.2, -0.15) is 0 Å². The molecule has 0 spiro atoms. The first-order chi connectivity index (χ1) is 34.9. The summed E-state index contributed by atoms with van der Waals surface area (Å²) in [6, 6.07) is 34.1. The molecule has 0 aromatic heterocycles. The molecule has 0 bridgehead atoms. The second-order valence-corrected chi connectivity index (χ2v) is 22.1. The number of hydrogen-bond acceptors (Lipinski definition) is 4. The van der Waals surface area contributed by atoms with Gasteiger partial charge < -0.3 is 10.2 Å². The van der Waals surface area contributed by atoms with E-state index in [4.69, 9.17) is 9.98 Å². The molecule has 4 nitrogen and oxygen atoms in total. The molecule has 0 aliphatic heterocycles. The number of benzene rings is 8. The third kappa shape index (κ3) is 10.4. The molecule has 0 saturated carbocycles. The Labute approximate surface area is 442 Å². The number of phenols is 2. The van der Waals surface area contributed by atoms with Crippen LogP contribution in [0.3, 0.4) is 0 Å². The van der Waals surface area contributed by atoms with Crippen LogP contribution in [0.1, 0.15) is 134 Å². The van der Waals surface area contributed by atoms with Crippen molar-refractivity contribution in [2.45, 2.75) is 137 Å². The maximum absolute atomic E-state index is 12.7. The van der Waals surface area contributed by atoms with Crippen LogP contribution in [0.25, 0.3) is 44.5 Å². The van der Waals surface area contributed by atoms with Gasteiger partial charge in [0.25, 0.3) is 0 Å². The summed E-state index contributed by atoms with van der Waals surface area (Å²) in [5.74, 6) is 0.373. The van der Waals surface area contributed by atoms with Gasteiger partial charge in [0.2, 0.25) is 0 Å². The Bertz CT molecular complexity index is 3240. The molecule has 0 aliphatic carbocycles. The van der Waals surface area contributed by atoms with Crippen LogP contribution in [0, 0.1) is 125 Å². The smallest absolute Gasteiger partial charge is 0.132 e.